The maximum Gasteiger partial charge on any atom is 0.331 e. The van der Waals surface area contributed by atoms with Crippen molar-refractivity contribution in [2.45, 2.75) is 6.54 Å². The Morgan fingerprint density at radius 1 is 0.889 bits per heavy atom. The van der Waals surface area contributed by atoms with Crippen molar-refractivity contribution in [3.05, 3.63) is 77.8 Å². The summed E-state index contributed by atoms with van der Waals surface area (Å²) in [6.45, 7) is 0.458. The van der Waals surface area contributed by atoms with E-state index < -0.39 is 17.8 Å². The Balaban J connectivity index is 1.41. The van der Waals surface area contributed by atoms with Crippen molar-refractivity contribution in [2.75, 3.05) is 27.4 Å². The zero-order chi connectivity index (χ0) is 25.5. The van der Waals surface area contributed by atoms with Gasteiger partial charge in [0.25, 0.3) is 11.8 Å². The van der Waals surface area contributed by atoms with E-state index >= 15 is 0 Å². The first-order chi connectivity index (χ1) is 17.5. The number of furan rings is 1. The molecule has 0 bridgehead atoms. The van der Waals surface area contributed by atoms with E-state index in [0.717, 1.165) is 10.6 Å². The maximum atomic E-state index is 12.9. The SMILES string of the molecule is COc1ccc(OCCOc2ccc(/C=C3\C(=O)NC(=O)N(Cc4ccco4)C3=O)cc2OC)cc1. The fourth-order valence-electron chi connectivity index (χ4n) is 3.44. The number of nitrogens with zero attached hydrogens (tertiary/aromatic N) is 1. The summed E-state index contributed by atoms with van der Waals surface area (Å²) in [5.74, 6) is 1.19. The normalized spacial score (nSPS) is 14.6. The lowest BCUT2D eigenvalue weighted by Gasteiger charge is -2.25. The van der Waals surface area contributed by atoms with Crippen LogP contribution in [0.4, 0.5) is 4.79 Å². The van der Waals surface area contributed by atoms with Gasteiger partial charge in [0, 0.05) is 0 Å². The number of ether oxygens (including phenoxy) is 4. The van der Waals surface area contributed by atoms with Crippen LogP contribution < -0.4 is 24.3 Å². The summed E-state index contributed by atoms with van der Waals surface area (Å²) in [6.07, 6.45) is 2.82. The smallest absolute Gasteiger partial charge is 0.331 e. The van der Waals surface area contributed by atoms with Gasteiger partial charge in [-0.25, -0.2) is 4.79 Å². The van der Waals surface area contributed by atoms with Crippen LogP contribution in [-0.2, 0) is 16.1 Å². The van der Waals surface area contributed by atoms with E-state index in [2.05, 4.69) is 5.32 Å². The number of benzene rings is 2. The first-order valence-electron chi connectivity index (χ1n) is 11.0. The number of nitrogens with one attached hydrogen (secondary N) is 1. The van der Waals surface area contributed by atoms with Gasteiger partial charge in [-0.1, -0.05) is 6.07 Å². The molecule has 0 aliphatic carbocycles. The molecule has 4 amide bonds. The summed E-state index contributed by atoms with van der Waals surface area (Å²) < 4.78 is 27.2. The van der Waals surface area contributed by atoms with Crippen LogP contribution in [0, 0.1) is 0 Å². The molecule has 10 heteroatoms. The van der Waals surface area contributed by atoms with E-state index in [4.69, 9.17) is 23.4 Å². The Labute approximate surface area is 207 Å². The Morgan fingerprint density at radius 3 is 2.33 bits per heavy atom. The second kappa shape index (κ2) is 11.1. The van der Waals surface area contributed by atoms with Gasteiger partial charge in [-0.15, -0.1) is 0 Å². The van der Waals surface area contributed by atoms with Crippen LogP contribution in [0.1, 0.15) is 11.3 Å². The van der Waals surface area contributed by atoms with Crippen LogP contribution in [0.15, 0.2) is 70.9 Å². The summed E-state index contributed by atoms with van der Waals surface area (Å²) in [7, 11) is 3.08. The average Bonchev–Trinajstić information content (AvgIpc) is 3.41. The monoisotopic (exact) mass is 492 g/mol. The number of barbiturate groups is 1. The third-order valence-electron chi connectivity index (χ3n) is 5.25. The molecular weight excluding hydrogens is 468 g/mol. The summed E-state index contributed by atoms with van der Waals surface area (Å²) >= 11 is 0. The average molecular weight is 492 g/mol. The summed E-state index contributed by atoms with van der Waals surface area (Å²) in [5, 5.41) is 2.18. The van der Waals surface area contributed by atoms with Gasteiger partial charge in [-0.2, -0.15) is 0 Å². The fraction of sp³-hybridized carbons (Fsp3) is 0.192. The number of imide groups is 2. The second-order valence-electron chi connectivity index (χ2n) is 7.57. The van der Waals surface area contributed by atoms with E-state index in [9.17, 15) is 14.4 Å². The van der Waals surface area contributed by atoms with Crippen molar-refractivity contribution < 1.29 is 37.7 Å². The summed E-state index contributed by atoms with van der Waals surface area (Å²) in [6, 6.07) is 14.6. The molecule has 186 valence electrons. The van der Waals surface area contributed by atoms with E-state index in [0.29, 0.717) is 35.2 Å². The highest BCUT2D eigenvalue weighted by Crippen LogP contribution is 2.29. The highest BCUT2D eigenvalue weighted by Gasteiger charge is 2.36. The molecule has 0 radical (unpaired) electrons. The van der Waals surface area contributed by atoms with Gasteiger partial charge in [-0.3, -0.25) is 19.8 Å². The number of carbonyl (C=O) groups excluding carboxylic acids is 3. The van der Waals surface area contributed by atoms with Crippen molar-refractivity contribution in [3.8, 4) is 23.0 Å². The van der Waals surface area contributed by atoms with Crippen LogP contribution in [-0.4, -0.2) is 50.2 Å². The molecule has 0 unspecified atom stereocenters. The standard InChI is InChI=1S/C26H24N2O8/c1-32-18-6-8-19(9-7-18)35-12-13-36-22-10-5-17(15-23(22)33-2)14-21-24(29)27-26(31)28(25(21)30)16-20-4-3-11-34-20/h3-11,14-15H,12-13,16H2,1-2H3,(H,27,29,31)/b21-14+. The summed E-state index contributed by atoms with van der Waals surface area (Å²) in [5.41, 5.74) is 0.323. The highest BCUT2D eigenvalue weighted by molar-refractivity contribution is 6.30. The number of methoxy groups -OCH3 is 2. The van der Waals surface area contributed by atoms with Crippen molar-refractivity contribution in [1.29, 1.82) is 0 Å². The molecule has 36 heavy (non-hydrogen) atoms. The van der Waals surface area contributed by atoms with Gasteiger partial charge in [0.05, 0.1) is 27.0 Å². The van der Waals surface area contributed by atoms with E-state index in [1.54, 1.807) is 61.7 Å². The van der Waals surface area contributed by atoms with Gasteiger partial charge >= 0.3 is 6.03 Å². The topological polar surface area (TPSA) is 117 Å². The molecule has 1 aliphatic rings. The minimum atomic E-state index is -0.809. The molecular formula is C26H24N2O8. The van der Waals surface area contributed by atoms with Crippen LogP contribution in [0.25, 0.3) is 6.08 Å². The molecule has 1 aromatic heterocycles. The quantitative estimate of drug-likeness (QED) is 0.260. The lowest BCUT2D eigenvalue weighted by molar-refractivity contribution is -0.130. The molecule has 4 rings (SSSR count). The van der Waals surface area contributed by atoms with Crippen molar-refractivity contribution >= 4 is 23.9 Å². The predicted molar refractivity (Wildman–Crippen MR) is 128 cm³/mol. The molecule has 2 heterocycles. The van der Waals surface area contributed by atoms with Crippen LogP contribution >= 0.6 is 0 Å². The lowest BCUT2D eigenvalue weighted by atomic mass is 10.1. The number of carbonyl (C=O) groups is 3. The van der Waals surface area contributed by atoms with Crippen molar-refractivity contribution in [2.24, 2.45) is 0 Å². The van der Waals surface area contributed by atoms with Gasteiger partial charge in [0.1, 0.15) is 36.0 Å². The number of hydrogen-bond acceptors (Lipinski definition) is 8. The molecule has 3 aromatic rings. The van der Waals surface area contributed by atoms with E-state index in [-0.39, 0.29) is 18.7 Å². The van der Waals surface area contributed by atoms with Gasteiger partial charge < -0.3 is 23.4 Å². The Bertz CT molecular complexity index is 1270. The minimum absolute atomic E-state index is 0.100. The van der Waals surface area contributed by atoms with E-state index in [1.165, 1.54) is 19.4 Å². The predicted octanol–water partition coefficient (Wildman–Crippen LogP) is 3.42. The summed E-state index contributed by atoms with van der Waals surface area (Å²) in [4.78, 5) is 38.3. The zero-order valence-electron chi connectivity index (χ0n) is 19.7. The number of amides is 4. The van der Waals surface area contributed by atoms with Crippen molar-refractivity contribution in [1.82, 2.24) is 10.2 Å². The number of urea groups is 1. The third kappa shape index (κ3) is 5.66. The first-order valence-corrected chi connectivity index (χ1v) is 11.0. The second-order valence-corrected chi connectivity index (χ2v) is 7.57. The number of hydrogen-bond donors (Lipinski definition) is 1. The molecule has 1 N–H and O–H groups in total. The maximum absolute atomic E-state index is 12.9. The zero-order valence-corrected chi connectivity index (χ0v) is 19.7. The Hall–Kier alpha value is -4.73. The van der Waals surface area contributed by atoms with Crippen molar-refractivity contribution in [3.63, 3.8) is 0 Å². The lowest BCUT2D eigenvalue weighted by Crippen LogP contribution is -2.53. The molecule has 2 aromatic carbocycles. The Kier molecular flexibility index (Phi) is 7.54. The van der Waals surface area contributed by atoms with E-state index in [1.807, 2.05) is 0 Å². The molecule has 1 fully saturated rings. The largest absolute Gasteiger partial charge is 0.497 e. The van der Waals surface area contributed by atoms with Crippen LogP contribution in [0.3, 0.4) is 0 Å². The highest BCUT2D eigenvalue weighted by atomic mass is 16.5. The van der Waals surface area contributed by atoms with Gasteiger partial charge in [-0.05, 0) is 60.2 Å². The molecule has 0 atom stereocenters. The number of rotatable bonds is 10. The minimum Gasteiger partial charge on any atom is -0.497 e. The van der Waals surface area contributed by atoms with Gasteiger partial charge in [0.15, 0.2) is 11.5 Å². The molecule has 1 saturated heterocycles. The Morgan fingerprint density at radius 2 is 1.64 bits per heavy atom. The van der Waals surface area contributed by atoms with Crippen LogP contribution in [0.5, 0.6) is 23.0 Å². The van der Waals surface area contributed by atoms with Gasteiger partial charge in [0.2, 0.25) is 0 Å². The third-order valence-corrected chi connectivity index (χ3v) is 5.25. The molecule has 0 spiro atoms. The molecule has 0 saturated carbocycles. The fourth-order valence-corrected chi connectivity index (χ4v) is 3.44. The van der Waals surface area contributed by atoms with Crippen LogP contribution in [0.2, 0.25) is 0 Å². The first kappa shape index (κ1) is 24.4. The molecule has 10 nitrogen and oxygen atoms in total. The molecule has 1 aliphatic heterocycles.